The lowest BCUT2D eigenvalue weighted by Gasteiger charge is -2.13. The lowest BCUT2D eigenvalue weighted by atomic mass is 10.1. The van der Waals surface area contributed by atoms with Gasteiger partial charge in [-0.3, -0.25) is 9.59 Å². The molecular weight excluding hydrogens is 442 g/mol. The highest BCUT2D eigenvalue weighted by Gasteiger charge is 2.28. The number of methoxy groups -OCH3 is 1. The Balaban J connectivity index is 1.35. The molecule has 2 amide bonds. The topological polar surface area (TPSA) is 114 Å². The predicted octanol–water partition coefficient (Wildman–Crippen LogP) is 3.05. The number of anilines is 1. The second-order valence-corrected chi connectivity index (χ2v) is 9.59. The number of sulfonamides is 1. The van der Waals surface area contributed by atoms with Crippen LogP contribution in [0.2, 0.25) is 0 Å². The van der Waals surface area contributed by atoms with Gasteiger partial charge in [-0.15, -0.1) is 0 Å². The summed E-state index contributed by atoms with van der Waals surface area (Å²) < 4.78 is 32.8. The van der Waals surface area contributed by atoms with E-state index in [9.17, 15) is 18.0 Å². The molecule has 1 fully saturated rings. The molecule has 1 aliphatic carbocycles. The van der Waals surface area contributed by atoms with Crippen LogP contribution < -0.4 is 20.1 Å². The van der Waals surface area contributed by atoms with E-state index in [-0.39, 0.29) is 41.4 Å². The minimum atomic E-state index is -3.67. The number of ether oxygens (including phenoxy) is 1. The number of fused-ring (bicyclic) bond motifs is 1. The van der Waals surface area contributed by atoms with E-state index in [2.05, 4.69) is 15.4 Å². The molecule has 172 valence electrons. The predicted molar refractivity (Wildman–Crippen MR) is 126 cm³/mol. The van der Waals surface area contributed by atoms with Gasteiger partial charge in [-0.1, -0.05) is 30.3 Å². The Morgan fingerprint density at radius 3 is 2.48 bits per heavy atom. The fourth-order valence-corrected chi connectivity index (χ4v) is 4.71. The van der Waals surface area contributed by atoms with Gasteiger partial charge in [-0.2, -0.15) is 0 Å². The van der Waals surface area contributed by atoms with Gasteiger partial charge in [0.1, 0.15) is 5.75 Å². The van der Waals surface area contributed by atoms with Crippen molar-refractivity contribution in [3.63, 3.8) is 0 Å². The molecule has 0 spiro atoms. The van der Waals surface area contributed by atoms with Gasteiger partial charge in [0.05, 0.1) is 17.7 Å². The molecule has 0 heterocycles. The normalized spacial score (nSPS) is 13.5. The molecule has 0 radical (unpaired) electrons. The summed E-state index contributed by atoms with van der Waals surface area (Å²) in [4.78, 5) is 24.9. The van der Waals surface area contributed by atoms with Crippen molar-refractivity contribution in [2.24, 2.45) is 0 Å². The van der Waals surface area contributed by atoms with E-state index in [0.717, 1.165) is 23.6 Å². The number of carbonyl (C=O) groups is 2. The molecule has 0 unspecified atom stereocenters. The fraction of sp³-hybridized carbons (Fsp3) is 0.250. The van der Waals surface area contributed by atoms with Crippen LogP contribution >= 0.6 is 0 Å². The Bertz CT molecular complexity index is 1300. The zero-order valence-corrected chi connectivity index (χ0v) is 18.9. The van der Waals surface area contributed by atoms with Crippen molar-refractivity contribution in [3.05, 3.63) is 66.2 Å². The zero-order chi connectivity index (χ0) is 23.4. The van der Waals surface area contributed by atoms with Crippen LogP contribution in [0.15, 0.2) is 65.6 Å². The monoisotopic (exact) mass is 467 g/mol. The average molecular weight is 468 g/mol. The zero-order valence-electron chi connectivity index (χ0n) is 18.1. The SMILES string of the molecule is COc1ccc(S(=O)(=O)NC2CC2)cc1NC(=O)CCNC(=O)c1ccc2ccccc2c1. The molecule has 0 aliphatic heterocycles. The van der Waals surface area contributed by atoms with Crippen molar-refractivity contribution in [3.8, 4) is 5.75 Å². The van der Waals surface area contributed by atoms with E-state index in [4.69, 9.17) is 4.74 Å². The van der Waals surface area contributed by atoms with E-state index in [0.29, 0.717) is 11.3 Å². The van der Waals surface area contributed by atoms with Gasteiger partial charge in [-0.05, 0) is 53.9 Å². The summed E-state index contributed by atoms with van der Waals surface area (Å²) in [6.45, 7) is 0.126. The number of benzene rings is 3. The number of amides is 2. The smallest absolute Gasteiger partial charge is 0.251 e. The maximum atomic E-state index is 12.5. The van der Waals surface area contributed by atoms with Crippen molar-refractivity contribution >= 4 is 38.3 Å². The number of carbonyl (C=O) groups excluding carboxylic acids is 2. The van der Waals surface area contributed by atoms with Crippen molar-refractivity contribution in [2.75, 3.05) is 19.0 Å². The third-order valence-corrected chi connectivity index (χ3v) is 6.82. The molecular formula is C24H25N3O5S. The molecule has 1 saturated carbocycles. The summed E-state index contributed by atoms with van der Waals surface area (Å²) in [6, 6.07) is 17.4. The Labute approximate surface area is 192 Å². The highest BCUT2D eigenvalue weighted by atomic mass is 32.2. The summed E-state index contributed by atoms with van der Waals surface area (Å²) in [5, 5.41) is 7.41. The molecule has 9 heteroatoms. The molecule has 3 aromatic carbocycles. The standard InChI is InChI=1S/C24H25N3O5S/c1-32-22-11-10-20(33(30,31)27-19-8-9-19)15-21(22)26-23(28)12-13-25-24(29)18-7-6-16-4-2-3-5-17(16)14-18/h2-7,10-11,14-15,19,27H,8-9,12-13H2,1H3,(H,25,29)(H,26,28). The quantitative estimate of drug-likeness (QED) is 0.448. The van der Waals surface area contributed by atoms with Gasteiger partial charge in [0.15, 0.2) is 0 Å². The van der Waals surface area contributed by atoms with Crippen LogP contribution in [0.3, 0.4) is 0 Å². The molecule has 4 rings (SSSR count). The maximum Gasteiger partial charge on any atom is 0.251 e. The molecule has 0 aromatic heterocycles. The molecule has 0 atom stereocenters. The van der Waals surface area contributed by atoms with Gasteiger partial charge < -0.3 is 15.4 Å². The van der Waals surface area contributed by atoms with Crippen LogP contribution in [0.4, 0.5) is 5.69 Å². The highest BCUT2D eigenvalue weighted by Crippen LogP contribution is 2.29. The molecule has 33 heavy (non-hydrogen) atoms. The Morgan fingerprint density at radius 2 is 1.76 bits per heavy atom. The first-order chi connectivity index (χ1) is 15.9. The molecule has 3 aromatic rings. The van der Waals surface area contributed by atoms with E-state index in [1.807, 2.05) is 30.3 Å². The van der Waals surface area contributed by atoms with E-state index < -0.39 is 10.0 Å². The largest absolute Gasteiger partial charge is 0.495 e. The summed E-state index contributed by atoms with van der Waals surface area (Å²) in [6.07, 6.45) is 1.66. The third-order valence-electron chi connectivity index (χ3n) is 5.30. The van der Waals surface area contributed by atoms with Gasteiger partial charge in [-0.25, -0.2) is 13.1 Å². The molecule has 0 bridgehead atoms. The van der Waals surface area contributed by atoms with E-state index in [1.54, 1.807) is 12.1 Å². The maximum absolute atomic E-state index is 12.5. The fourth-order valence-electron chi connectivity index (χ4n) is 3.38. The van der Waals surface area contributed by atoms with Crippen molar-refractivity contribution in [1.29, 1.82) is 0 Å². The Morgan fingerprint density at radius 1 is 1.00 bits per heavy atom. The highest BCUT2D eigenvalue weighted by molar-refractivity contribution is 7.89. The first kappa shape index (κ1) is 22.8. The summed E-state index contributed by atoms with van der Waals surface area (Å²) in [5.74, 6) is -0.309. The van der Waals surface area contributed by atoms with Crippen LogP contribution in [0, 0.1) is 0 Å². The van der Waals surface area contributed by atoms with Crippen LogP contribution in [0.25, 0.3) is 10.8 Å². The average Bonchev–Trinajstić information content (AvgIpc) is 3.62. The molecule has 3 N–H and O–H groups in total. The van der Waals surface area contributed by atoms with Crippen molar-refractivity contribution in [1.82, 2.24) is 10.0 Å². The van der Waals surface area contributed by atoms with Crippen molar-refractivity contribution < 1.29 is 22.7 Å². The molecule has 8 nitrogen and oxygen atoms in total. The lowest BCUT2D eigenvalue weighted by molar-refractivity contribution is -0.116. The van der Waals surface area contributed by atoms with Crippen LogP contribution in [0.1, 0.15) is 29.6 Å². The second-order valence-electron chi connectivity index (χ2n) is 7.87. The van der Waals surface area contributed by atoms with Crippen LogP contribution in [-0.4, -0.2) is 39.9 Å². The number of hydrogen-bond acceptors (Lipinski definition) is 5. The summed E-state index contributed by atoms with van der Waals surface area (Å²) in [7, 11) is -2.23. The van der Waals surface area contributed by atoms with Crippen LogP contribution in [0.5, 0.6) is 5.75 Å². The first-order valence-electron chi connectivity index (χ1n) is 10.6. The summed E-state index contributed by atoms with van der Waals surface area (Å²) in [5.41, 5.74) is 0.763. The molecule has 0 saturated heterocycles. The minimum absolute atomic E-state index is 0.0137. The van der Waals surface area contributed by atoms with Gasteiger partial charge >= 0.3 is 0 Å². The van der Waals surface area contributed by atoms with Crippen molar-refractivity contribution in [2.45, 2.75) is 30.2 Å². The number of rotatable bonds is 9. The van der Waals surface area contributed by atoms with Crippen LogP contribution in [-0.2, 0) is 14.8 Å². The Hall–Kier alpha value is -3.43. The molecule has 1 aliphatic rings. The lowest BCUT2D eigenvalue weighted by Crippen LogP contribution is -2.28. The van der Waals surface area contributed by atoms with Gasteiger partial charge in [0, 0.05) is 24.6 Å². The number of hydrogen-bond donors (Lipinski definition) is 3. The minimum Gasteiger partial charge on any atom is -0.495 e. The van der Waals surface area contributed by atoms with Gasteiger partial charge in [0.25, 0.3) is 5.91 Å². The third kappa shape index (κ3) is 5.68. The Kier molecular flexibility index (Phi) is 6.62. The first-order valence-corrected chi connectivity index (χ1v) is 12.1. The van der Waals surface area contributed by atoms with E-state index >= 15 is 0 Å². The van der Waals surface area contributed by atoms with E-state index in [1.165, 1.54) is 25.3 Å². The number of nitrogens with one attached hydrogen (secondary N) is 3. The van der Waals surface area contributed by atoms with Gasteiger partial charge in [0.2, 0.25) is 15.9 Å². The second kappa shape index (κ2) is 9.60. The summed E-state index contributed by atoms with van der Waals surface area (Å²) >= 11 is 0.